The largest absolute Gasteiger partial charge is 0.493 e. The number of ether oxygens (including phenoxy) is 3. The van der Waals surface area contributed by atoms with Crippen molar-refractivity contribution in [3.05, 3.63) is 46.5 Å². The third-order valence-electron chi connectivity index (χ3n) is 3.39. The van der Waals surface area contributed by atoms with Crippen LogP contribution in [0.15, 0.2) is 30.3 Å². The molecule has 0 aliphatic heterocycles. The number of carboxylic acid groups (broad SMARTS) is 1. The second-order valence-electron chi connectivity index (χ2n) is 4.86. The number of hydrogen-bond donors (Lipinski definition) is 2. The number of benzene rings is 2. The fraction of sp³-hybridized carbons (Fsp3) is 0.176. The van der Waals surface area contributed by atoms with Gasteiger partial charge in [-0.2, -0.15) is 0 Å². The summed E-state index contributed by atoms with van der Waals surface area (Å²) in [5, 5.41) is 12.0. The highest BCUT2D eigenvalue weighted by Gasteiger charge is 2.19. The van der Waals surface area contributed by atoms with Crippen LogP contribution in [0.25, 0.3) is 0 Å². The van der Waals surface area contributed by atoms with Crippen molar-refractivity contribution in [3.63, 3.8) is 0 Å². The number of nitrogens with one attached hydrogen (secondary N) is 1. The molecule has 1 amide bonds. The van der Waals surface area contributed by atoms with Gasteiger partial charge in [-0.05, 0) is 30.3 Å². The van der Waals surface area contributed by atoms with Crippen LogP contribution in [0.4, 0.5) is 5.69 Å². The standard InChI is InChI=1S/C17H16ClNO6/c1-23-13-6-9(7-14(24-2)15(13)25-3)16(20)19-12-5-4-10(18)8-11(12)17(21)22/h4-8H,1-3H3,(H,19,20)(H,21,22). The SMILES string of the molecule is COc1cc(C(=O)Nc2ccc(Cl)cc2C(=O)O)cc(OC)c1OC. The molecule has 132 valence electrons. The van der Waals surface area contributed by atoms with Gasteiger partial charge in [-0.25, -0.2) is 4.79 Å². The first-order valence-electron chi connectivity index (χ1n) is 7.05. The predicted octanol–water partition coefficient (Wildman–Crippen LogP) is 3.32. The molecule has 0 fully saturated rings. The van der Waals surface area contributed by atoms with Crippen molar-refractivity contribution in [1.29, 1.82) is 0 Å². The summed E-state index contributed by atoms with van der Waals surface area (Å²) in [5.41, 5.74) is 0.213. The third kappa shape index (κ3) is 3.95. The molecule has 25 heavy (non-hydrogen) atoms. The highest BCUT2D eigenvalue weighted by molar-refractivity contribution is 6.31. The van der Waals surface area contributed by atoms with E-state index in [1.807, 2.05) is 0 Å². The molecule has 0 radical (unpaired) electrons. The van der Waals surface area contributed by atoms with Crippen LogP contribution in [-0.2, 0) is 0 Å². The zero-order chi connectivity index (χ0) is 18.6. The van der Waals surface area contributed by atoms with Crippen molar-refractivity contribution in [1.82, 2.24) is 0 Å². The van der Waals surface area contributed by atoms with Crippen molar-refractivity contribution in [2.45, 2.75) is 0 Å². The third-order valence-corrected chi connectivity index (χ3v) is 3.62. The van der Waals surface area contributed by atoms with Crippen LogP contribution in [-0.4, -0.2) is 38.3 Å². The number of carboxylic acids is 1. The summed E-state index contributed by atoms with van der Waals surface area (Å²) in [6.07, 6.45) is 0. The molecule has 2 rings (SSSR count). The van der Waals surface area contributed by atoms with Crippen LogP contribution in [0, 0.1) is 0 Å². The molecule has 0 aliphatic carbocycles. The van der Waals surface area contributed by atoms with E-state index in [9.17, 15) is 14.7 Å². The number of amides is 1. The lowest BCUT2D eigenvalue weighted by atomic mass is 10.1. The minimum atomic E-state index is -1.21. The van der Waals surface area contributed by atoms with Gasteiger partial charge in [0.15, 0.2) is 11.5 Å². The summed E-state index contributed by atoms with van der Waals surface area (Å²) < 4.78 is 15.6. The molecule has 0 spiro atoms. The number of halogens is 1. The van der Waals surface area contributed by atoms with Gasteiger partial charge in [0.25, 0.3) is 5.91 Å². The summed E-state index contributed by atoms with van der Waals surface area (Å²) in [5.74, 6) is -0.783. The Balaban J connectivity index is 2.41. The molecule has 7 nitrogen and oxygen atoms in total. The molecule has 2 aromatic carbocycles. The second kappa shape index (κ2) is 7.76. The average Bonchev–Trinajstić information content (AvgIpc) is 2.61. The van der Waals surface area contributed by atoms with E-state index < -0.39 is 11.9 Å². The second-order valence-corrected chi connectivity index (χ2v) is 5.30. The van der Waals surface area contributed by atoms with Crippen molar-refractivity contribution in [2.75, 3.05) is 26.6 Å². The van der Waals surface area contributed by atoms with Crippen molar-refractivity contribution < 1.29 is 28.9 Å². The molecule has 0 aliphatic rings. The molecular weight excluding hydrogens is 350 g/mol. The molecule has 0 atom stereocenters. The zero-order valence-electron chi connectivity index (χ0n) is 13.8. The minimum Gasteiger partial charge on any atom is -0.493 e. The molecule has 0 aromatic heterocycles. The molecule has 0 heterocycles. The number of methoxy groups -OCH3 is 3. The first-order valence-corrected chi connectivity index (χ1v) is 7.43. The highest BCUT2D eigenvalue weighted by atomic mass is 35.5. The van der Waals surface area contributed by atoms with Gasteiger partial charge in [0, 0.05) is 10.6 Å². The Labute approximate surface area is 149 Å². The smallest absolute Gasteiger partial charge is 0.337 e. The van der Waals surface area contributed by atoms with Crippen molar-refractivity contribution >= 4 is 29.2 Å². The molecular formula is C17H16ClNO6. The number of hydrogen-bond acceptors (Lipinski definition) is 5. The highest BCUT2D eigenvalue weighted by Crippen LogP contribution is 2.38. The monoisotopic (exact) mass is 365 g/mol. The Bertz CT molecular complexity index is 796. The van der Waals surface area contributed by atoms with E-state index in [1.165, 1.54) is 51.7 Å². The molecule has 0 saturated carbocycles. The zero-order valence-corrected chi connectivity index (χ0v) is 14.5. The Kier molecular flexibility index (Phi) is 5.71. The number of aromatic carboxylic acids is 1. The topological polar surface area (TPSA) is 94.1 Å². The Morgan fingerprint density at radius 2 is 1.60 bits per heavy atom. The molecule has 0 bridgehead atoms. The number of carbonyl (C=O) groups is 2. The minimum absolute atomic E-state index is 0.117. The Morgan fingerprint density at radius 1 is 1.00 bits per heavy atom. The number of carbonyl (C=O) groups excluding carboxylic acids is 1. The number of anilines is 1. The van der Waals surface area contributed by atoms with E-state index >= 15 is 0 Å². The van der Waals surface area contributed by atoms with Crippen LogP contribution < -0.4 is 19.5 Å². The van der Waals surface area contributed by atoms with Gasteiger partial charge in [-0.3, -0.25) is 4.79 Å². The summed E-state index contributed by atoms with van der Waals surface area (Å²) in [6.45, 7) is 0. The van der Waals surface area contributed by atoms with E-state index in [4.69, 9.17) is 25.8 Å². The van der Waals surface area contributed by atoms with Gasteiger partial charge in [0.2, 0.25) is 5.75 Å². The first-order chi connectivity index (χ1) is 11.9. The number of rotatable bonds is 6. The van der Waals surface area contributed by atoms with Gasteiger partial charge >= 0.3 is 5.97 Å². The Morgan fingerprint density at radius 3 is 2.08 bits per heavy atom. The van der Waals surface area contributed by atoms with Crippen molar-refractivity contribution in [3.8, 4) is 17.2 Å². The molecule has 0 saturated heterocycles. The lowest BCUT2D eigenvalue weighted by Crippen LogP contribution is -2.15. The van der Waals surface area contributed by atoms with Crippen LogP contribution in [0.5, 0.6) is 17.2 Å². The molecule has 8 heteroatoms. The van der Waals surface area contributed by atoms with Crippen LogP contribution in [0.3, 0.4) is 0 Å². The summed E-state index contributed by atoms with van der Waals surface area (Å²) in [4.78, 5) is 23.8. The lowest BCUT2D eigenvalue weighted by Gasteiger charge is -2.14. The quantitative estimate of drug-likeness (QED) is 0.815. The molecule has 2 aromatic rings. The Hall–Kier alpha value is -2.93. The normalized spacial score (nSPS) is 10.1. The van der Waals surface area contributed by atoms with Gasteiger partial charge in [0.05, 0.1) is 32.6 Å². The average molecular weight is 366 g/mol. The van der Waals surface area contributed by atoms with Gasteiger partial charge in [0.1, 0.15) is 0 Å². The van der Waals surface area contributed by atoms with Crippen LogP contribution in [0.1, 0.15) is 20.7 Å². The fourth-order valence-electron chi connectivity index (χ4n) is 2.21. The molecule has 0 unspecified atom stereocenters. The summed E-state index contributed by atoms with van der Waals surface area (Å²) >= 11 is 5.80. The maximum atomic E-state index is 12.5. The van der Waals surface area contributed by atoms with E-state index in [0.29, 0.717) is 17.2 Å². The van der Waals surface area contributed by atoms with Crippen LogP contribution >= 0.6 is 11.6 Å². The van der Waals surface area contributed by atoms with E-state index in [-0.39, 0.29) is 21.8 Å². The van der Waals surface area contributed by atoms with E-state index in [1.54, 1.807) is 0 Å². The summed E-state index contributed by atoms with van der Waals surface area (Å²) in [6, 6.07) is 7.09. The van der Waals surface area contributed by atoms with Crippen molar-refractivity contribution in [2.24, 2.45) is 0 Å². The lowest BCUT2D eigenvalue weighted by molar-refractivity contribution is 0.0698. The molecule has 2 N–H and O–H groups in total. The van der Waals surface area contributed by atoms with Crippen LogP contribution in [0.2, 0.25) is 5.02 Å². The van der Waals surface area contributed by atoms with E-state index in [0.717, 1.165) is 0 Å². The van der Waals surface area contributed by atoms with Gasteiger partial charge in [-0.15, -0.1) is 0 Å². The summed E-state index contributed by atoms with van der Waals surface area (Å²) in [7, 11) is 4.31. The predicted molar refractivity (Wildman–Crippen MR) is 92.5 cm³/mol. The first kappa shape index (κ1) is 18.4. The maximum Gasteiger partial charge on any atom is 0.337 e. The maximum absolute atomic E-state index is 12.5. The fourth-order valence-corrected chi connectivity index (χ4v) is 2.38. The van der Waals surface area contributed by atoms with E-state index in [2.05, 4.69) is 5.32 Å². The van der Waals surface area contributed by atoms with Gasteiger partial charge < -0.3 is 24.6 Å². The van der Waals surface area contributed by atoms with Gasteiger partial charge in [-0.1, -0.05) is 11.6 Å².